The fraction of sp³-hybridized carbons (Fsp3) is 0.250. The molecule has 0 aliphatic heterocycles. The summed E-state index contributed by atoms with van der Waals surface area (Å²) in [5.41, 5.74) is 2.28. The molecule has 1 amide bonds. The maximum absolute atomic E-state index is 13.4. The third-order valence-corrected chi connectivity index (χ3v) is 5.79. The fourth-order valence-corrected chi connectivity index (χ4v) is 3.85. The zero-order valence-electron chi connectivity index (χ0n) is 20.1. The molecule has 0 fully saturated rings. The summed E-state index contributed by atoms with van der Waals surface area (Å²) >= 11 is 6.22. The van der Waals surface area contributed by atoms with Crippen LogP contribution in [-0.4, -0.2) is 34.6 Å². The lowest BCUT2D eigenvalue weighted by Crippen LogP contribution is -2.47. The van der Waals surface area contributed by atoms with Gasteiger partial charge in [0, 0.05) is 37.1 Å². The normalized spacial score (nSPS) is 11.7. The molecule has 3 aromatic rings. The van der Waals surface area contributed by atoms with Crippen molar-refractivity contribution in [1.29, 1.82) is 0 Å². The van der Waals surface area contributed by atoms with Crippen LogP contribution in [-0.2, 0) is 9.59 Å². The topological polar surface area (TPSA) is 79.7 Å². The quantitative estimate of drug-likeness (QED) is 0.339. The van der Waals surface area contributed by atoms with Crippen molar-refractivity contribution in [1.82, 2.24) is 4.98 Å². The molecule has 0 aliphatic rings. The van der Waals surface area contributed by atoms with Crippen LogP contribution >= 0.6 is 11.6 Å². The number of aliphatic carboxylic acids is 1. The van der Waals surface area contributed by atoms with E-state index in [0.29, 0.717) is 29.3 Å². The average molecular weight is 493 g/mol. The van der Waals surface area contributed by atoms with Crippen molar-refractivity contribution in [2.24, 2.45) is 0 Å². The molecule has 182 valence electrons. The smallest absolute Gasteiger partial charge is 0.303 e. The highest BCUT2D eigenvalue weighted by atomic mass is 35.5. The minimum atomic E-state index is -1.16. The van der Waals surface area contributed by atoms with E-state index in [0.717, 1.165) is 16.7 Å². The van der Waals surface area contributed by atoms with Crippen molar-refractivity contribution >= 4 is 34.7 Å². The number of nitrogens with zero attached hydrogens (tertiary/aromatic N) is 2. The number of aromatic nitrogens is 1. The standard InChI is InChI=1S/C28H29ClN2O4/c1-28(2,35-25-15-6-5-14-24(25)29)27(34)31(3)22-12-8-10-20(18-22)23(13-4-7-16-26(32)33)21-11-9-17-30-19-21/h5-6,8-15,17-19H,4,7,16H2,1-3H3,(H,32,33)/b23-13-. The number of amides is 1. The first-order valence-electron chi connectivity index (χ1n) is 11.3. The minimum Gasteiger partial charge on any atom is -0.481 e. The number of halogens is 1. The number of likely N-dealkylation sites (N-methyl/N-ethyl adjacent to an activating group) is 1. The number of para-hydroxylation sites is 1. The van der Waals surface area contributed by atoms with Gasteiger partial charge < -0.3 is 14.7 Å². The van der Waals surface area contributed by atoms with Crippen LogP contribution in [0.4, 0.5) is 5.69 Å². The zero-order chi connectivity index (χ0) is 25.4. The van der Waals surface area contributed by atoms with Crippen molar-refractivity contribution in [2.45, 2.75) is 38.7 Å². The van der Waals surface area contributed by atoms with Crippen LogP contribution in [0.5, 0.6) is 5.75 Å². The summed E-state index contributed by atoms with van der Waals surface area (Å²) in [6, 6.07) is 18.5. The molecule has 35 heavy (non-hydrogen) atoms. The number of anilines is 1. The molecule has 0 radical (unpaired) electrons. The van der Waals surface area contributed by atoms with Crippen molar-refractivity contribution in [3.63, 3.8) is 0 Å². The summed E-state index contributed by atoms with van der Waals surface area (Å²) in [6.45, 7) is 3.42. The van der Waals surface area contributed by atoms with Crippen molar-refractivity contribution in [2.75, 3.05) is 11.9 Å². The van der Waals surface area contributed by atoms with E-state index in [9.17, 15) is 9.59 Å². The molecule has 1 heterocycles. The Bertz CT molecular complexity index is 1210. The second-order valence-electron chi connectivity index (χ2n) is 8.60. The Morgan fingerprint density at radius 2 is 1.83 bits per heavy atom. The maximum Gasteiger partial charge on any atom is 0.303 e. The molecule has 2 aromatic carbocycles. The van der Waals surface area contributed by atoms with Gasteiger partial charge in [0.25, 0.3) is 5.91 Å². The zero-order valence-corrected chi connectivity index (χ0v) is 20.8. The highest BCUT2D eigenvalue weighted by Gasteiger charge is 2.34. The number of carboxylic acids is 1. The molecule has 0 atom stereocenters. The van der Waals surface area contributed by atoms with E-state index in [1.165, 1.54) is 0 Å². The number of benzene rings is 2. The maximum atomic E-state index is 13.4. The van der Waals surface area contributed by atoms with Crippen LogP contribution < -0.4 is 9.64 Å². The van der Waals surface area contributed by atoms with E-state index in [1.807, 2.05) is 42.5 Å². The van der Waals surface area contributed by atoms with E-state index < -0.39 is 11.6 Å². The van der Waals surface area contributed by atoms with Crippen LogP contribution in [0.15, 0.2) is 79.1 Å². The first-order valence-corrected chi connectivity index (χ1v) is 11.7. The number of carbonyl (C=O) groups is 2. The first kappa shape index (κ1) is 26.0. The Morgan fingerprint density at radius 1 is 1.09 bits per heavy atom. The van der Waals surface area contributed by atoms with Gasteiger partial charge in [-0.2, -0.15) is 0 Å². The SMILES string of the molecule is CN(C(=O)C(C)(C)Oc1ccccc1Cl)c1cccc(/C(=C/CCCC(=O)O)c2cccnc2)c1. The van der Waals surface area contributed by atoms with Gasteiger partial charge in [-0.1, -0.05) is 48.0 Å². The van der Waals surface area contributed by atoms with Crippen LogP contribution in [0.3, 0.4) is 0 Å². The Morgan fingerprint density at radius 3 is 2.51 bits per heavy atom. The number of pyridine rings is 1. The second kappa shape index (κ2) is 11.7. The van der Waals surface area contributed by atoms with E-state index in [4.69, 9.17) is 21.4 Å². The molecule has 0 aliphatic carbocycles. The number of allylic oxidation sites excluding steroid dienone is 1. The largest absolute Gasteiger partial charge is 0.481 e. The summed E-state index contributed by atoms with van der Waals surface area (Å²) in [5, 5.41) is 9.39. The molecular weight excluding hydrogens is 464 g/mol. The van der Waals surface area contributed by atoms with Crippen LogP contribution in [0.1, 0.15) is 44.2 Å². The number of ether oxygens (including phenoxy) is 1. The summed E-state index contributed by atoms with van der Waals surface area (Å²) in [6.07, 6.45) is 6.74. The predicted octanol–water partition coefficient (Wildman–Crippen LogP) is 6.24. The number of rotatable bonds is 10. The Labute approximate surface area is 210 Å². The lowest BCUT2D eigenvalue weighted by atomic mass is 9.96. The molecular formula is C28H29ClN2O4. The first-order chi connectivity index (χ1) is 16.7. The van der Waals surface area contributed by atoms with Gasteiger partial charge in [-0.15, -0.1) is 0 Å². The predicted molar refractivity (Wildman–Crippen MR) is 139 cm³/mol. The number of hydrogen-bond acceptors (Lipinski definition) is 4. The van der Waals surface area contributed by atoms with Gasteiger partial charge in [0.2, 0.25) is 0 Å². The molecule has 0 spiro atoms. The van der Waals surface area contributed by atoms with Gasteiger partial charge in [0.15, 0.2) is 5.60 Å². The molecule has 0 saturated carbocycles. The third kappa shape index (κ3) is 6.93. The highest BCUT2D eigenvalue weighted by Crippen LogP contribution is 2.31. The van der Waals surface area contributed by atoms with Crippen LogP contribution in [0.25, 0.3) is 5.57 Å². The monoisotopic (exact) mass is 492 g/mol. The van der Waals surface area contributed by atoms with E-state index in [2.05, 4.69) is 4.98 Å². The van der Waals surface area contributed by atoms with Gasteiger partial charge in [0.05, 0.1) is 5.02 Å². The minimum absolute atomic E-state index is 0.106. The van der Waals surface area contributed by atoms with Crippen molar-refractivity contribution in [3.8, 4) is 5.75 Å². The van der Waals surface area contributed by atoms with E-state index in [1.54, 1.807) is 62.5 Å². The number of carbonyl (C=O) groups excluding carboxylic acids is 1. The third-order valence-electron chi connectivity index (χ3n) is 5.48. The van der Waals surface area contributed by atoms with Gasteiger partial charge >= 0.3 is 5.97 Å². The average Bonchev–Trinajstić information content (AvgIpc) is 2.85. The van der Waals surface area contributed by atoms with Crippen molar-refractivity contribution < 1.29 is 19.4 Å². The number of hydrogen-bond donors (Lipinski definition) is 1. The molecule has 7 heteroatoms. The van der Waals surface area contributed by atoms with Crippen molar-refractivity contribution in [3.05, 3.63) is 95.3 Å². The highest BCUT2D eigenvalue weighted by molar-refractivity contribution is 6.32. The van der Waals surface area contributed by atoms with E-state index in [-0.39, 0.29) is 12.3 Å². The summed E-state index contributed by atoms with van der Waals surface area (Å²) in [7, 11) is 1.71. The summed E-state index contributed by atoms with van der Waals surface area (Å²) in [5.74, 6) is -0.606. The molecule has 1 aromatic heterocycles. The second-order valence-corrected chi connectivity index (χ2v) is 9.01. The molecule has 0 bridgehead atoms. The van der Waals surface area contributed by atoms with Crippen LogP contribution in [0, 0.1) is 0 Å². The van der Waals surface area contributed by atoms with Gasteiger partial charge in [-0.25, -0.2) is 0 Å². The molecule has 6 nitrogen and oxygen atoms in total. The lowest BCUT2D eigenvalue weighted by Gasteiger charge is -2.30. The Kier molecular flexibility index (Phi) is 8.66. The number of carboxylic acid groups (broad SMARTS) is 1. The number of unbranched alkanes of at least 4 members (excludes halogenated alkanes) is 1. The molecule has 0 saturated heterocycles. The lowest BCUT2D eigenvalue weighted by molar-refractivity contribution is -0.137. The van der Waals surface area contributed by atoms with E-state index >= 15 is 0 Å². The molecule has 0 unspecified atom stereocenters. The summed E-state index contributed by atoms with van der Waals surface area (Å²) < 4.78 is 5.98. The summed E-state index contributed by atoms with van der Waals surface area (Å²) in [4.78, 5) is 30.1. The Hall–Kier alpha value is -3.64. The molecule has 3 rings (SSSR count). The van der Waals surface area contributed by atoms with Crippen LogP contribution in [0.2, 0.25) is 5.02 Å². The van der Waals surface area contributed by atoms with Gasteiger partial charge in [-0.3, -0.25) is 14.6 Å². The van der Waals surface area contributed by atoms with Gasteiger partial charge in [0.1, 0.15) is 5.75 Å². The van der Waals surface area contributed by atoms with Gasteiger partial charge in [-0.05, 0) is 68.2 Å². The molecule has 1 N–H and O–H groups in total. The fourth-order valence-electron chi connectivity index (χ4n) is 3.67. The Balaban J connectivity index is 1.87.